The fraction of sp³-hybridized carbons (Fsp3) is 0.769. The Balaban J connectivity index is 1.88. The molecule has 21 heavy (non-hydrogen) atoms. The Kier molecular flexibility index (Phi) is 5.94. The molecule has 0 aromatic carbocycles. The summed E-state index contributed by atoms with van der Waals surface area (Å²) in [7, 11) is 0. The van der Waals surface area contributed by atoms with Crippen molar-refractivity contribution in [2.75, 3.05) is 50.4 Å². The maximum atomic E-state index is 5.72. The van der Waals surface area contributed by atoms with Crippen molar-refractivity contribution < 1.29 is 9.47 Å². The van der Waals surface area contributed by atoms with Gasteiger partial charge in [-0.1, -0.05) is 13.8 Å². The van der Waals surface area contributed by atoms with Crippen molar-refractivity contribution >= 4 is 11.9 Å². The van der Waals surface area contributed by atoms with Crippen LogP contribution in [0.5, 0.6) is 6.01 Å². The van der Waals surface area contributed by atoms with Crippen LogP contribution in [0.3, 0.4) is 0 Å². The molecule has 2 rings (SSSR count). The van der Waals surface area contributed by atoms with Gasteiger partial charge in [-0.05, 0) is 13.0 Å². The Morgan fingerprint density at radius 2 is 2.24 bits per heavy atom. The highest BCUT2D eigenvalue weighted by molar-refractivity contribution is 5.32. The number of anilines is 2. The summed E-state index contributed by atoms with van der Waals surface area (Å²) < 4.78 is 11.1. The summed E-state index contributed by atoms with van der Waals surface area (Å²) in [5.41, 5.74) is 5.66. The summed E-state index contributed by atoms with van der Waals surface area (Å²) in [6, 6.07) is 0.256. The largest absolute Gasteiger partial charge is 0.463 e. The summed E-state index contributed by atoms with van der Waals surface area (Å²) in [6.07, 6.45) is 1.01. The number of morpholine rings is 1. The molecule has 1 unspecified atom stereocenters. The van der Waals surface area contributed by atoms with Gasteiger partial charge >= 0.3 is 6.01 Å². The minimum atomic E-state index is 0.122. The van der Waals surface area contributed by atoms with Gasteiger partial charge in [-0.15, -0.1) is 0 Å². The molecule has 1 aliphatic rings. The number of likely N-dealkylation sites (N-methyl/N-ethyl adjacent to an activating group) is 1. The van der Waals surface area contributed by atoms with E-state index < -0.39 is 0 Å². The molecule has 3 N–H and O–H groups in total. The minimum Gasteiger partial charge on any atom is -0.463 e. The zero-order valence-corrected chi connectivity index (χ0v) is 12.7. The van der Waals surface area contributed by atoms with E-state index in [4.69, 9.17) is 15.2 Å². The summed E-state index contributed by atoms with van der Waals surface area (Å²) in [5, 5.41) is 3.14. The topological polar surface area (TPSA) is 98.4 Å². The molecule has 1 fully saturated rings. The van der Waals surface area contributed by atoms with E-state index in [-0.39, 0.29) is 18.1 Å². The van der Waals surface area contributed by atoms with Crippen molar-refractivity contribution in [2.45, 2.75) is 26.4 Å². The molecule has 0 amide bonds. The first-order valence-electron chi connectivity index (χ1n) is 7.43. The van der Waals surface area contributed by atoms with Gasteiger partial charge < -0.3 is 20.5 Å². The van der Waals surface area contributed by atoms with Crippen LogP contribution in [0.2, 0.25) is 0 Å². The van der Waals surface area contributed by atoms with Crippen molar-refractivity contribution in [3.8, 4) is 6.01 Å². The summed E-state index contributed by atoms with van der Waals surface area (Å²) in [4.78, 5) is 14.6. The van der Waals surface area contributed by atoms with Crippen LogP contribution in [0.25, 0.3) is 0 Å². The van der Waals surface area contributed by atoms with Gasteiger partial charge in [-0.2, -0.15) is 15.0 Å². The van der Waals surface area contributed by atoms with Gasteiger partial charge in [-0.25, -0.2) is 0 Å². The van der Waals surface area contributed by atoms with Crippen molar-refractivity contribution in [2.24, 2.45) is 0 Å². The number of ether oxygens (including phenoxy) is 2. The molecule has 2 heterocycles. The van der Waals surface area contributed by atoms with Crippen molar-refractivity contribution in [1.29, 1.82) is 0 Å². The van der Waals surface area contributed by atoms with E-state index >= 15 is 0 Å². The van der Waals surface area contributed by atoms with Gasteiger partial charge in [0.05, 0.1) is 19.3 Å². The molecule has 1 atom stereocenters. The van der Waals surface area contributed by atoms with Gasteiger partial charge in [0.2, 0.25) is 11.9 Å². The third-order valence-corrected chi connectivity index (χ3v) is 3.23. The number of aromatic nitrogens is 3. The second kappa shape index (κ2) is 7.94. The quantitative estimate of drug-likeness (QED) is 0.745. The highest BCUT2D eigenvalue weighted by Gasteiger charge is 2.19. The fourth-order valence-corrected chi connectivity index (χ4v) is 2.11. The number of nitrogens with one attached hydrogen (secondary N) is 1. The van der Waals surface area contributed by atoms with E-state index in [0.29, 0.717) is 19.1 Å². The van der Waals surface area contributed by atoms with Gasteiger partial charge in [0, 0.05) is 19.6 Å². The first kappa shape index (κ1) is 15.7. The zero-order valence-electron chi connectivity index (χ0n) is 12.7. The van der Waals surface area contributed by atoms with E-state index in [1.54, 1.807) is 0 Å². The molecule has 0 bridgehead atoms. The molecule has 0 radical (unpaired) electrons. The Bertz CT molecular complexity index is 445. The number of nitrogens with two attached hydrogens (primary N) is 1. The molecule has 0 saturated carbocycles. The van der Waals surface area contributed by atoms with Crippen molar-refractivity contribution in [3.05, 3.63) is 0 Å². The lowest BCUT2D eigenvalue weighted by Gasteiger charge is -2.32. The lowest BCUT2D eigenvalue weighted by Crippen LogP contribution is -2.45. The van der Waals surface area contributed by atoms with Gasteiger partial charge in [0.15, 0.2) is 0 Å². The average molecular weight is 296 g/mol. The summed E-state index contributed by atoms with van der Waals surface area (Å²) in [5.74, 6) is 0.573. The molecular formula is C13H24N6O2. The van der Waals surface area contributed by atoms with E-state index in [0.717, 1.165) is 32.7 Å². The number of nitrogen functional groups attached to an aromatic ring is 1. The minimum absolute atomic E-state index is 0.122. The first-order valence-corrected chi connectivity index (χ1v) is 7.43. The fourth-order valence-electron chi connectivity index (χ4n) is 2.11. The molecular weight excluding hydrogens is 272 g/mol. The Morgan fingerprint density at radius 3 is 3.00 bits per heavy atom. The molecule has 1 saturated heterocycles. The Morgan fingerprint density at radius 1 is 1.38 bits per heavy atom. The Labute approximate surface area is 125 Å². The van der Waals surface area contributed by atoms with E-state index in [1.807, 2.05) is 6.92 Å². The molecule has 1 aromatic rings. The SMILES string of the molecule is CCCOc1nc(N)nc(NCC2CN(CC)CCO2)n1. The standard InChI is InChI=1S/C13H24N6O2/c1-3-6-21-13-17-11(14)16-12(18-13)15-8-10-9-19(4-2)5-7-20-10/h10H,3-9H2,1-2H3,(H3,14,15,16,17,18). The molecule has 0 aliphatic carbocycles. The smallest absolute Gasteiger partial charge is 0.323 e. The predicted molar refractivity (Wildman–Crippen MR) is 80.4 cm³/mol. The number of rotatable bonds is 7. The lowest BCUT2D eigenvalue weighted by atomic mass is 10.2. The number of hydrogen-bond acceptors (Lipinski definition) is 8. The number of nitrogens with zero attached hydrogens (tertiary/aromatic N) is 4. The summed E-state index contributed by atoms with van der Waals surface area (Å²) >= 11 is 0. The third-order valence-electron chi connectivity index (χ3n) is 3.23. The highest BCUT2D eigenvalue weighted by atomic mass is 16.5. The lowest BCUT2D eigenvalue weighted by molar-refractivity contribution is -0.0192. The molecule has 118 valence electrons. The van der Waals surface area contributed by atoms with Crippen LogP contribution in [-0.4, -0.2) is 65.3 Å². The van der Waals surface area contributed by atoms with Crippen LogP contribution < -0.4 is 15.8 Å². The van der Waals surface area contributed by atoms with Crippen LogP contribution in [-0.2, 0) is 4.74 Å². The van der Waals surface area contributed by atoms with E-state index in [9.17, 15) is 0 Å². The van der Waals surface area contributed by atoms with E-state index in [1.165, 1.54) is 0 Å². The molecule has 8 heteroatoms. The summed E-state index contributed by atoms with van der Waals surface area (Å²) in [6.45, 7) is 9.04. The van der Waals surface area contributed by atoms with Crippen LogP contribution in [0.4, 0.5) is 11.9 Å². The second-order valence-electron chi connectivity index (χ2n) is 4.92. The van der Waals surface area contributed by atoms with Crippen LogP contribution in [0.1, 0.15) is 20.3 Å². The van der Waals surface area contributed by atoms with Gasteiger partial charge in [0.1, 0.15) is 0 Å². The predicted octanol–water partition coefficient (Wildman–Crippen LogP) is 0.375. The third kappa shape index (κ3) is 4.98. The van der Waals surface area contributed by atoms with E-state index in [2.05, 4.69) is 32.1 Å². The van der Waals surface area contributed by atoms with Crippen LogP contribution >= 0.6 is 0 Å². The molecule has 8 nitrogen and oxygen atoms in total. The number of hydrogen-bond donors (Lipinski definition) is 2. The van der Waals surface area contributed by atoms with Gasteiger partial charge in [-0.3, -0.25) is 4.90 Å². The molecule has 1 aromatic heterocycles. The molecule has 1 aliphatic heterocycles. The normalized spacial score (nSPS) is 19.4. The second-order valence-corrected chi connectivity index (χ2v) is 4.92. The molecule has 0 spiro atoms. The van der Waals surface area contributed by atoms with Crippen molar-refractivity contribution in [1.82, 2.24) is 19.9 Å². The first-order chi connectivity index (χ1) is 10.2. The average Bonchev–Trinajstić information content (AvgIpc) is 2.50. The van der Waals surface area contributed by atoms with Gasteiger partial charge in [0.25, 0.3) is 0 Å². The highest BCUT2D eigenvalue weighted by Crippen LogP contribution is 2.10. The van der Waals surface area contributed by atoms with Crippen molar-refractivity contribution in [3.63, 3.8) is 0 Å². The van der Waals surface area contributed by atoms with Crippen LogP contribution in [0, 0.1) is 0 Å². The monoisotopic (exact) mass is 296 g/mol. The zero-order chi connectivity index (χ0) is 15.1. The Hall–Kier alpha value is -1.67. The van der Waals surface area contributed by atoms with Crippen LogP contribution in [0.15, 0.2) is 0 Å². The maximum Gasteiger partial charge on any atom is 0.323 e. The maximum absolute atomic E-state index is 5.72.